The Kier molecular flexibility index (Phi) is 4.97. The van der Waals surface area contributed by atoms with Crippen molar-refractivity contribution in [3.05, 3.63) is 56.9 Å². The summed E-state index contributed by atoms with van der Waals surface area (Å²) in [6.07, 6.45) is 0.233. The third-order valence-electron chi connectivity index (χ3n) is 3.97. The summed E-state index contributed by atoms with van der Waals surface area (Å²) in [5.41, 5.74) is 4.97. The Balaban J connectivity index is 2.68. The van der Waals surface area contributed by atoms with Gasteiger partial charge in [-0.2, -0.15) is 5.26 Å². The first kappa shape index (κ1) is 17.3. The number of aromatic nitrogens is 1. The standard InChI is InChI=1S/C19H21ClN2O/c1-11(2)22-15(6-7-21)10-16(20)18(22)19(23)17-13(4)8-12(3)9-14(17)5/h8-11H,6H2,1-5H3. The lowest BCUT2D eigenvalue weighted by atomic mass is 9.95. The molecule has 1 heterocycles. The third kappa shape index (κ3) is 3.18. The molecule has 0 atom stereocenters. The van der Waals surface area contributed by atoms with Crippen molar-refractivity contribution in [3.63, 3.8) is 0 Å². The zero-order chi connectivity index (χ0) is 17.3. The van der Waals surface area contributed by atoms with E-state index in [0.717, 1.165) is 22.4 Å². The van der Waals surface area contributed by atoms with E-state index in [9.17, 15) is 4.79 Å². The van der Waals surface area contributed by atoms with Crippen LogP contribution >= 0.6 is 11.6 Å². The predicted molar refractivity (Wildman–Crippen MR) is 93.2 cm³/mol. The van der Waals surface area contributed by atoms with E-state index in [0.29, 0.717) is 16.3 Å². The van der Waals surface area contributed by atoms with Gasteiger partial charge in [-0.1, -0.05) is 29.3 Å². The number of halogens is 1. The Morgan fingerprint density at radius 2 is 1.78 bits per heavy atom. The summed E-state index contributed by atoms with van der Waals surface area (Å²) in [6.45, 7) is 9.88. The molecule has 0 bridgehead atoms. The van der Waals surface area contributed by atoms with E-state index in [1.165, 1.54) is 0 Å². The number of nitriles is 1. The zero-order valence-corrected chi connectivity index (χ0v) is 15.0. The summed E-state index contributed by atoms with van der Waals surface area (Å²) in [4.78, 5) is 13.2. The SMILES string of the molecule is Cc1cc(C)c(C(=O)c2c(Cl)cc(CC#N)n2C(C)C)c(C)c1. The molecule has 120 valence electrons. The average molecular weight is 329 g/mol. The number of carbonyl (C=O) groups excluding carboxylic acids is 1. The van der Waals surface area contributed by atoms with Gasteiger partial charge in [0.25, 0.3) is 0 Å². The summed E-state index contributed by atoms with van der Waals surface area (Å²) in [5, 5.41) is 9.42. The van der Waals surface area contributed by atoms with Crippen LogP contribution in [-0.2, 0) is 6.42 Å². The first-order chi connectivity index (χ1) is 10.8. The topological polar surface area (TPSA) is 45.8 Å². The number of benzene rings is 1. The van der Waals surface area contributed by atoms with Crippen molar-refractivity contribution >= 4 is 17.4 Å². The molecular weight excluding hydrogens is 308 g/mol. The maximum Gasteiger partial charge on any atom is 0.211 e. The minimum absolute atomic E-state index is 0.0517. The molecule has 4 heteroatoms. The first-order valence-corrected chi connectivity index (χ1v) is 8.04. The van der Waals surface area contributed by atoms with Crippen LogP contribution in [0.3, 0.4) is 0 Å². The molecule has 0 spiro atoms. The highest BCUT2D eigenvalue weighted by molar-refractivity contribution is 6.35. The Bertz CT molecular complexity index is 787. The predicted octanol–water partition coefficient (Wildman–Crippen LogP) is 4.94. The van der Waals surface area contributed by atoms with Gasteiger partial charge in [0.05, 0.1) is 17.5 Å². The van der Waals surface area contributed by atoms with Gasteiger partial charge >= 0.3 is 0 Å². The van der Waals surface area contributed by atoms with Crippen LogP contribution in [0.4, 0.5) is 0 Å². The summed E-state index contributed by atoms with van der Waals surface area (Å²) >= 11 is 6.36. The second kappa shape index (κ2) is 6.60. The number of hydrogen-bond acceptors (Lipinski definition) is 2. The van der Waals surface area contributed by atoms with Crippen molar-refractivity contribution in [3.8, 4) is 6.07 Å². The van der Waals surface area contributed by atoms with Crippen LogP contribution in [0.15, 0.2) is 18.2 Å². The van der Waals surface area contributed by atoms with Crippen LogP contribution < -0.4 is 0 Å². The number of carbonyl (C=O) groups is 1. The summed E-state index contributed by atoms with van der Waals surface area (Å²) in [5.74, 6) is -0.0807. The molecule has 0 amide bonds. The number of nitrogens with zero attached hydrogens (tertiary/aromatic N) is 2. The molecule has 0 saturated carbocycles. The summed E-state index contributed by atoms with van der Waals surface area (Å²) < 4.78 is 1.88. The highest BCUT2D eigenvalue weighted by atomic mass is 35.5. The zero-order valence-electron chi connectivity index (χ0n) is 14.2. The lowest BCUT2D eigenvalue weighted by Gasteiger charge is -2.17. The van der Waals surface area contributed by atoms with Gasteiger partial charge in [-0.15, -0.1) is 0 Å². The van der Waals surface area contributed by atoms with E-state index >= 15 is 0 Å². The van der Waals surface area contributed by atoms with E-state index in [-0.39, 0.29) is 18.2 Å². The maximum absolute atomic E-state index is 13.2. The molecule has 23 heavy (non-hydrogen) atoms. The van der Waals surface area contributed by atoms with Crippen molar-refractivity contribution < 1.29 is 4.79 Å². The van der Waals surface area contributed by atoms with E-state index in [4.69, 9.17) is 16.9 Å². The van der Waals surface area contributed by atoms with Crippen LogP contribution in [-0.4, -0.2) is 10.4 Å². The van der Waals surface area contributed by atoms with Gasteiger partial charge in [0.1, 0.15) is 5.69 Å². The Hall–Kier alpha value is -2.05. The van der Waals surface area contributed by atoms with Crippen LogP contribution in [0.2, 0.25) is 5.02 Å². The Morgan fingerprint density at radius 3 is 2.26 bits per heavy atom. The van der Waals surface area contributed by atoms with Crippen LogP contribution in [0.25, 0.3) is 0 Å². The summed E-state index contributed by atoms with van der Waals surface area (Å²) in [6, 6.07) is 7.94. The van der Waals surface area contributed by atoms with Crippen molar-refractivity contribution in [2.24, 2.45) is 0 Å². The Labute approximate surface area is 142 Å². The first-order valence-electron chi connectivity index (χ1n) is 7.67. The van der Waals surface area contributed by atoms with Gasteiger partial charge in [0.2, 0.25) is 5.78 Å². The van der Waals surface area contributed by atoms with E-state index in [2.05, 4.69) is 6.07 Å². The molecule has 1 aromatic heterocycles. The van der Waals surface area contributed by atoms with Crippen LogP contribution in [0.5, 0.6) is 0 Å². The molecule has 0 aliphatic rings. The quantitative estimate of drug-likeness (QED) is 0.746. The van der Waals surface area contributed by atoms with Gasteiger partial charge in [-0.3, -0.25) is 4.79 Å². The smallest absolute Gasteiger partial charge is 0.211 e. The Morgan fingerprint density at radius 1 is 1.22 bits per heavy atom. The largest absolute Gasteiger partial charge is 0.337 e. The van der Waals surface area contributed by atoms with Gasteiger partial charge in [0, 0.05) is 17.3 Å². The molecule has 0 radical (unpaired) electrons. The highest BCUT2D eigenvalue weighted by Crippen LogP contribution is 2.30. The average Bonchev–Trinajstić information content (AvgIpc) is 2.74. The minimum atomic E-state index is -0.0807. The van der Waals surface area contributed by atoms with Crippen molar-refractivity contribution in [1.82, 2.24) is 4.57 Å². The molecule has 2 rings (SSSR count). The van der Waals surface area contributed by atoms with Crippen LogP contribution in [0, 0.1) is 32.1 Å². The molecule has 1 aromatic carbocycles. The molecule has 0 aliphatic heterocycles. The minimum Gasteiger partial charge on any atom is -0.337 e. The lowest BCUT2D eigenvalue weighted by Crippen LogP contribution is -2.16. The number of aryl methyl sites for hydroxylation is 3. The van der Waals surface area contributed by atoms with Gasteiger partial charge in [0.15, 0.2) is 0 Å². The van der Waals surface area contributed by atoms with E-state index in [1.54, 1.807) is 6.07 Å². The van der Waals surface area contributed by atoms with E-state index < -0.39 is 0 Å². The highest BCUT2D eigenvalue weighted by Gasteiger charge is 2.25. The fourth-order valence-electron chi connectivity index (χ4n) is 3.22. The second-order valence-corrected chi connectivity index (χ2v) is 6.64. The van der Waals surface area contributed by atoms with Gasteiger partial charge in [-0.05, 0) is 51.8 Å². The molecule has 0 unspecified atom stereocenters. The molecular formula is C19H21ClN2O. The van der Waals surface area contributed by atoms with Gasteiger partial charge < -0.3 is 4.57 Å². The molecule has 0 fully saturated rings. The fraction of sp³-hybridized carbons (Fsp3) is 0.368. The maximum atomic E-state index is 13.2. The molecule has 3 nitrogen and oxygen atoms in total. The molecule has 0 saturated heterocycles. The van der Waals surface area contributed by atoms with Crippen molar-refractivity contribution in [2.75, 3.05) is 0 Å². The van der Waals surface area contributed by atoms with Crippen LogP contribution in [0.1, 0.15) is 58.3 Å². The number of ketones is 1. The van der Waals surface area contributed by atoms with E-state index in [1.807, 2.05) is 51.3 Å². The fourth-order valence-corrected chi connectivity index (χ4v) is 3.53. The van der Waals surface area contributed by atoms with Gasteiger partial charge in [-0.25, -0.2) is 0 Å². The number of hydrogen-bond donors (Lipinski definition) is 0. The molecule has 2 aromatic rings. The third-order valence-corrected chi connectivity index (χ3v) is 4.25. The van der Waals surface area contributed by atoms with Crippen molar-refractivity contribution in [2.45, 2.75) is 47.1 Å². The lowest BCUT2D eigenvalue weighted by molar-refractivity contribution is 0.102. The summed E-state index contributed by atoms with van der Waals surface area (Å²) in [7, 11) is 0. The normalized spacial score (nSPS) is 10.9. The second-order valence-electron chi connectivity index (χ2n) is 6.23. The van der Waals surface area contributed by atoms with Crippen molar-refractivity contribution in [1.29, 1.82) is 5.26 Å². The molecule has 0 aliphatic carbocycles. The number of rotatable bonds is 4. The monoisotopic (exact) mass is 328 g/mol. The molecule has 0 N–H and O–H groups in total.